The molecular weight excluding hydrogens is 408 g/mol. The molecule has 5 rings (SSSR count). The number of allylic oxidation sites excluding steroid dienone is 2. The van der Waals surface area contributed by atoms with Crippen LogP contribution < -0.4 is 0 Å². The van der Waals surface area contributed by atoms with Gasteiger partial charge in [-0.15, -0.1) is 0 Å². The summed E-state index contributed by atoms with van der Waals surface area (Å²) in [6, 6.07) is 0. The molecule has 4 fully saturated rings. The van der Waals surface area contributed by atoms with Crippen molar-refractivity contribution in [2.45, 2.75) is 119 Å². The Bertz CT molecular complexity index is 885. The second kappa shape index (κ2) is 6.89. The van der Waals surface area contributed by atoms with Crippen LogP contribution in [0.15, 0.2) is 11.6 Å². The third-order valence-electron chi connectivity index (χ3n) is 13.0. The summed E-state index contributed by atoms with van der Waals surface area (Å²) in [5, 5.41) is 21.4. The van der Waals surface area contributed by atoms with E-state index < -0.39 is 11.4 Å². The highest BCUT2D eigenvalue weighted by Gasteiger charge is 2.69. The van der Waals surface area contributed by atoms with Gasteiger partial charge in [-0.2, -0.15) is 0 Å². The molecule has 8 atom stereocenters. The number of carbonyl (C=O) groups is 1. The molecule has 0 aliphatic heterocycles. The van der Waals surface area contributed by atoms with Gasteiger partial charge in [-0.25, -0.2) is 0 Å². The van der Waals surface area contributed by atoms with Crippen LogP contribution in [0.1, 0.15) is 113 Å². The van der Waals surface area contributed by atoms with Crippen molar-refractivity contribution in [3.05, 3.63) is 11.6 Å². The largest absolute Gasteiger partial charge is 0.481 e. The number of aliphatic hydroxyl groups is 1. The van der Waals surface area contributed by atoms with E-state index in [4.69, 9.17) is 0 Å². The molecular formula is C30H48O3. The molecule has 3 nitrogen and oxygen atoms in total. The molecule has 3 heteroatoms. The van der Waals surface area contributed by atoms with E-state index >= 15 is 0 Å². The van der Waals surface area contributed by atoms with E-state index in [2.05, 4.69) is 54.5 Å². The summed E-state index contributed by atoms with van der Waals surface area (Å²) < 4.78 is 0. The third kappa shape index (κ3) is 2.87. The summed E-state index contributed by atoms with van der Waals surface area (Å²) in [5.41, 5.74) is 1.68. The molecule has 0 amide bonds. The second-order valence-electron chi connectivity index (χ2n) is 15.1. The summed E-state index contributed by atoms with van der Waals surface area (Å²) in [7, 11) is 0. The number of carboxylic acids is 1. The maximum absolute atomic E-state index is 12.8. The lowest BCUT2D eigenvalue weighted by molar-refractivity contribution is -0.205. The van der Waals surface area contributed by atoms with Gasteiger partial charge in [-0.3, -0.25) is 4.79 Å². The van der Waals surface area contributed by atoms with E-state index in [-0.39, 0.29) is 39.1 Å². The summed E-state index contributed by atoms with van der Waals surface area (Å²) in [6.07, 6.45) is 12.6. The van der Waals surface area contributed by atoms with Gasteiger partial charge in [0.1, 0.15) is 0 Å². The van der Waals surface area contributed by atoms with Crippen molar-refractivity contribution in [2.24, 2.45) is 50.2 Å². The molecule has 186 valence electrons. The summed E-state index contributed by atoms with van der Waals surface area (Å²) in [4.78, 5) is 12.8. The lowest BCUT2D eigenvalue weighted by Crippen LogP contribution is -2.65. The van der Waals surface area contributed by atoms with Gasteiger partial charge in [0.25, 0.3) is 0 Å². The molecule has 0 heterocycles. The maximum Gasteiger partial charge on any atom is 0.310 e. The fraction of sp³-hybridized carbons (Fsp3) is 0.900. The van der Waals surface area contributed by atoms with E-state index in [9.17, 15) is 15.0 Å². The minimum absolute atomic E-state index is 0.0301. The van der Waals surface area contributed by atoms with E-state index in [1.54, 1.807) is 0 Å². The molecule has 0 aromatic carbocycles. The van der Waals surface area contributed by atoms with Gasteiger partial charge in [0, 0.05) is 0 Å². The lowest BCUT2D eigenvalue weighted by Gasteiger charge is -2.71. The fourth-order valence-corrected chi connectivity index (χ4v) is 10.6. The molecule has 0 aromatic heterocycles. The second-order valence-corrected chi connectivity index (χ2v) is 15.1. The van der Waals surface area contributed by atoms with Gasteiger partial charge < -0.3 is 10.2 Å². The van der Waals surface area contributed by atoms with Crippen LogP contribution in [-0.4, -0.2) is 22.3 Å². The first kappa shape index (κ1) is 23.9. The smallest absolute Gasteiger partial charge is 0.310 e. The summed E-state index contributed by atoms with van der Waals surface area (Å²) >= 11 is 0. The van der Waals surface area contributed by atoms with E-state index in [0.29, 0.717) is 11.8 Å². The topological polar surface area (TPSA) is 57.5 Å². The summed E-state index contributed by atoms with van der Waals surface area (Å²) in [6.45, 7) is 16.9. The van der Waals surface area contributed by atoms with Gasteiger partial charge >= 0.3 is 5.97 Å². The van der Waals surface area contributed by atoms with Crippen LogP contribution in [0.2, 0.25) is 0 Å². The van der Waals surface area contributed by atoms with Gasteiger partial charge in [0.15, 0.2) is 0 Å². The van der Waals surface area contributed by atoms with Crippen LogP contribution >= 0.6 is 0 Å². The highest BCUT2D eigenvalue weighted by molar-refractivity contribution is 5.76. The molecule has 0 aromatic rings. The molecule has 33 heavy (non-hydrogen) atoms. The van der Waals surface area contributed by atoms with Crippen molar-refractivity contribution in [2.75, 3.05) is 0 Å². The number of carboxylic acid groups (broad SMARTS) is 1. The highest BCUT2D eigenvalue weighted by Crippen LogP contribution is 2.75. The van der Waals surface area contributed by atoms with E-state index in [1.807, 2.05) is 0 Å². The van der Waals surface area contributed by atoms with Crippen LogP contribution in [0.3, 0.4) is 0 Å². The van der Waals surface area contributed by atoms with Crippen molar-refractivity contribution in [1.29, 1.82) is 0 Å². The Balaban J connectivity index is 1.60. The molecule has 0 radical (unpaired) electrons. The quantitative estimate of drug-likeness (QED) is 0.409. The Morgan fingerprint density at radius 2 is 1.55 bits per heavy atom. The van der Waals surface area contributed by atoms with Crippen LogP contribution in [0.4, 0.5) is 0 Å². The minimum atomic E-state index is -0.553. The standard InChI is InChI=1S/C30H48O3/c1-25(2)14-16-30(24(32)33)17-15-28(6)19(20(30)18-25)8-9-22-27(5)12-11-23(31)26(3,4)21(27)10-13-29(22,28)7/h8,20-23,31H,9-18H2,1-7H3,(H,32,33)/t20-,21+,22-,23+,27+,28-,29-,30+/m1/s1. The Kier molecular flexibility index (Phi) is 4.99. The molecule has 0 saturated heterocycles. The first-order valence-corrected chi connectivity index (χ1v) is 13.8. The maximum atomic E-state index is 12.8. The molecule has 5 aliphatic carbocycles. The SMILES string of the molecule is CC1(C)CC[C@]2(C(=O)O)CC[C@]3(C)C(=CC[C@@H]4[C@@]5(C)CC[C@H](O)C(C)(C)[C@@H]5CC[C@]43C)[C@H]2C1. The minimum Gasteiger partial charge on any atom is -0.481 e. The van der Waals surface area contributed by atoms with Crippen LogP contribution in [0.5, 0.6) is 0 Å². The normalized spacial score (nSPS) is 52.4. The monoisotopic (exact) mass is 456 g/mol. The van der Waals surface area contributed by atoms with Gasteiger partial charge in [0.2, 0.25) is 0 Å². The number of rotatable bonds is 1. The Hall–Kier alpha value is -0.830. The molecule has 0 spiro atoms. The van der Waals surface area contributed by atoms with Crippen LogP contribution in [0, 0.1) is 50.2 Å². The Morgan fingerprint density at radius 1 is 0.879 bits per heavy atom. The predicted octanol–water partition coefficient (Wildman–Crippen LogP) is 7.23. The number of fused-ring (bicyclic) bond motifs is 7. The number of aliphatic hydroxyl groups excluding tert-OH is 1. The third-order valence-corrected chi connectivity index (χ3v) is 13.0. The first-order valence-electron chi connectivity index (χ1n) is 13.8. The molecule has 4 saturated carbocycles. The zero-order valence-electron chi connectivity index (χ0n) is 22.3. The first-order chi connectivity index (χ1) is 15.1. The molecule has 0 bridgehead atoms. The number of hydrogen-bond donors (Lipinski definition) is 2. The number of hydrogen-bond acceptors (Lipinski definition) is 2. The van der Waals surface area contributed by atoms with Crippen molar-refractivity contribution in [1.82, 2.24) is 0 Å². The van der Waals surface area contributed by atoms with Crippen LogP contribution in [-0.2, 0) is 4.79 Å². The van der Waals surface area contributed by atoms with Crippen molar-refractivity contribution < 1.29 is 15.0 Å². The molecule has 0 unspecified atom stereocenters. The molecule has 5 aliphatic rings. The van der Waals surface area contributed by atoms with Gasteiger partial charge in [-0.05, 0) is 109 Å². The number of aliphatic carboxylic acids is 1. The highest BCUT2D eigenvalue weighted by atomic mass is 16.4. The zero-order valence-corrected chi connectivity index (χ0v) is 22.3. The predicted molar refractivity (Wildman–Crippen MR) is 133 cm³/mol. The average Bonchev–Trinajstić information content (AvgIpc) is 2.71. The van der Waals surface area contributed by atoms with Crippen molar-refractivity contribution in [3.8, 4) is 0 Å². The lowest BCUT2D eigenvalue weighted by atomic mass is 9.33. The van der Waals surface area contributed by atoms with Crippen molar-refractivity contribution in [3.63, 3.8) is 0 Å². The van der Waals surface area contributed by atoms with Gasteiger partial charge in [0.05, 0.1) is 11.5 Å². The van der Waals surface area contributed by atoms with Gasteiger partial charge in [-0.1, -0.05) is 60.1 Å². The average molecular weight is 457 g/mol. The summed E-state index contributed by atoms with van der Waals surface area (Å²) in [5.74, 6) is 0.807. The van der Waals surface area contributed by atoms with E-state index in [0.717, 1.165) is 51.4 Å². The van der Waals surface area contributed by atoms with E-state index in [1.165, 1.54) is 18.4 Å². The molecule has 2 N–H and O–H groups in total. The van der Waals surface area contributed by atoms with Crippen molar-refractivity contribution >= 4 is 5.97 Å². The van der Waals surface area contributed by atoms with Crippen LogP contribution in [0.25, 0.3) is 0 Å². The Morgan fingerprint density at radius 3 is 2.21 bits per heavy atom. The fourth-order valence-electron chi connectivity index (χ4n) is 10.6. The zero-order chi connectivity index (χ0) is 24.2. The Labute approximate surface area is 201 Å².